The Morgan fingerprint density at radius 1 is 1.16 bits per heavy atom. The van der Waals surface area contributed by atoms with Crippen LogP contribution in [0.5, 0.6) is 5.75 Å². The summed E-state index contributed by atoms with van der Waals surface area (Å²) >= 11 is 0. The molecule has 0 saturated carbocycles. The van der Waals surface area contributed by atoms with Crippen molar-refractivity contribution in [1.29, 1.82) is 5.26 Å². The third kappa shape index (κ3) is 4.38. The van der Waals surface area contributed by atoms with Crippen LogP contribution in [0.3, 0.4) is 0 Å². The number of nitriles is 1. The summed E-state index contributed by atoms with van der Waals surface area (Å²) in [6.45, 7) is 2.32. The van der Waals surface area contributed by atoms with E-state index in [-0.39, 0.29) is 5.91 Å². The molecule has 7 nitrogen and oxygen atoms in total. The van der Waals surface area contributed by atoms with E-state index in [4.69, 9.17) is 10.00 Å². The molecule has 0 atom stereocenters. The molecule has 0 aliphatic heterocycles. The number of imidazole rings is 1. The molecule has 7 heteroatoms. The Balaban J connectivity index is 1.56. The van der Waals surface area contributed by atoms with E-state index in [2.05, 4.69) is 25.9 Å². The van der Waals surface area contributed by atoms with E-state index in [1.807, 2.05) is 43.3 Å². The lowest BCUT2D eigenvalue weighted by Gasteiger charge is -2.11. The number of hydrogen-bond acceptors (Lipinski definition) is 5. The Hall–Kier alpha value is -4.18. The second-order valence-corrected chi connectivity index (χ2v) is 6.95. The number of para-hydroxylation sites is 1. The maximum absolute atomic E-state index is 12.9. The summed E-state index contributed by atoms with van der Waals surface area (Å²) in [5.74, 6) is 1.36. The quantitative estimate of drug-likeness (QED) is 0.446. The molecule has 2 aromatic heterocycles. The summed E-state index contributed by atoms with van der Waals surface area (Å²) in [5.41, 5.74) is 3.17. The predicted molar refractivity (Wildman–Crippen MR) is 118 cm³/mol. The molecule has 0 unspecified atom stereocenters. The molecule has 0 aliphatic carbocycles. The van der Waals surface area contributed by atoms with Gasteiger partial charge >= 0.3 is 0 Å². The fourth-order valence-electron chi connectivity index (χ4n) is 3.36. The summed E-state index contributed by atoms with van der Waals surface area (Å²) in [4.78, 5) is 21.7. The molecule has 0 saturated heterocycles. The van der Waals surface area contributed by atoms with Gasteiger partial charge in [-0.2, -0.15) is 5.26 Å². The molecule has 1 N–H and O–H groups in total. The second kappa shape index (κ2) is 9.09. The van der Waals surface area contributed by atoms with Crippen LogP contribution in [0.25, 0.3) is 16.7 Å². The van der Waals surface area contributed by atoms with Crippen LogP contribution in [0.15, 0.2) is 66.9 Å². The predicted octanol–water partition coefficient (Wildman–Crippen LogP) is 4.66. The summed E-state index contributed by atoms with van der Waals surface area (Å²) in [7, 11) is 0. The molecule has 1 amide bonds. The molecule has 2 aromatic carbocycles. The van der Waals surface area contributed by atoms with Gasteiger partial charge in [-0.25, -0.2) is 9.97 Å². The fraction of sp³-hybridized carbons (Fsp3) is 0.167. The summed E-state index contributed by atoms with van der Waals surface area (Å²) in [6, 6.07) is 21.0. The van der Waals surface area contributed by atoms with Crippen LogP contribution >= 0.6 is 0 Å². The lowest BCUT2D eigenvalue weighted by molar-refractivity contribution is 0.102. The van der Waals surface area contributed by atoms with Gasteiger partial charge in [-0.1, -0.05) is 18.2 Å². The van der Waals surface area contributed by atoms with E-state index in [9.17, 15) is 4.79 Å². The monoisotopic (exact) mass is 411 g/mol. The summed E-state index contributed by atoms with van der Waals surface area (Å²) in [5, 5.41) is 11.5. The van der Waals surface area contributed by atoms with Crippen LogP contribution in [0.4, 0.5) is 5.82 Å². The molecule has 0 bridgehead atoms. The van der Waals surface area contributed by atoms with E-state index >= 15 is 0 Å². The number of pyridine rings is 1. The number of unbranched alkanes of at least 4 members (excludes halogenated alkanes) is 1. The maximum Gasteiger partial charge on any atom is 0.256 e. The molecule has 0 radical (unpaired) electrons. The van der Waals surface area contributed by atoms with Gasteiger partial charge in [0.25, 0.3) is 5.91 Å². The first kappa shape index (κ1) is 20.1. The van der Waals surface area contributed by atoms with Gasteiger partial charge in [-0.15, -0.1) is 0 Å². The average molecular weight is 411 g/mol. The highest BCUT2D eigenvalue weighted by molar-refractivity contribution is 6.06. The molecule has 0 fully saturated rings. The lowest BCUT2D eigenvalue weighted by Crippen LogP contribution is -2.14. The van der Waals surface area contributed by atoms with Crippen LogP contribution in [0, 0.1) is 18.3 Å². The molecule has 4 rings (SSSR count). The first-order chi connectivity index (χ1) is 15.2. The van der Waals surface area contributed by atoms with Gasteiger partial charge in [0.2, 0.25) is 0 Å². The Kier molecular flexibility index (Phi) is 5.90. The summed E-state index contributed by atoms with van der Waals surface area (Å²) < 4.78 is 7.73. The minimum absolute atomic E-state index is 0.297. The number of fused-ring (bicyclic) bond motifs is 1. The van der Waals surface area contributed by atoms with E-state index in [1.165, 1.54) is 0 Å². The molecule has 0 spiro atoms. The minimum atomic E-state index is -0.297. The van der Waals surface area contributed by atoms with Crippen LogP contribution in [0.2, 0.25) is 0 Å². The van der Waals surface area contributed by atoms with Crippen molar-refractivity contribution in [2.45, 2.75) is 19.8 Å². The second-order valence-electron chi connectivity index (χ2n) is 6.95. The van der Waals surface area contributed by atoms with Gasteiger partial charge in [0, 0.05) is 23.9 Å². The van der Waals surface area contributed by atoms with E-state index in [1.54, 1.807) is 30.5 Å². The first-order valence-corrected chi connectivity index (χ1v) is 9.98. The van der Waals surface area contributed by atoms with Gasteiger partial charge in [-0.05, 0) is 55.8 Å². The zero-order chi connectivity index (χ0) is 21.6. The van der Waals surface area contributed by atoms with Crippen LogP contribution in [0.1, 0.15) is 29.0 Å². The lowest BCUT2D eigenvalue weighted by atomic mass is 10.2. The molecule has 154 valence electrons. The molecular weight excluding hydrogens is 390 g/mol. The number of carbonyl (C=O) groups excluding carboxylic acids is 1. The number of aryl methyl sites for hydroxylation is 1. The van der Waals surface area contributed by atoms with Gasteiger partial charge in [0.15, 0.2) is 11.6 Å². The molecule has 0 aliphatic rings. The smallest absolute Gasteiger partial charge is 0.256 e. The third-order valence-corrected chi connectivity index (χ3v) is 4.79. The van der Waals surface area contributed by atoms with Crippen LogP contribution < -0.4 is 10.1 Å². The number of carbonyl (C=O) groups is 1. The first-order valence-electron chi connectivity index (χ1n) is 9.98. The summed E-state index contributed by atoms with van der Waals surface area (Å²) in [6.07, 6.45) is 2.61. The average Bonchev–Trinajstić information content (AvgIpc) is 3.13. The van der Waals surface area contributed by atoms with Gasteiger partial charge in [-0.3, -0.25) is 9.36 Å². The number of anilines is 1. The number of hydrogen-bond donors (Lipinski definition) is 1. The topological polar surface area (TPSA) is 92.8 Å². The third-order valence-electron chi connectivity index (χ3n) is 4.79. The number of nitrogens with one attached hydrogen (secondary N) is 1. The van der Waals surface area contributed by atoms with Crippen molar-refractivity contribution in [1.82, 2.24) is 14.5 Å². The van der Waals surface area contributed by atoms with Crippen LogP contribution in [-0.4, -0.2) is 27.0 Å². The van der Waals surface area contributed by atoms with Crippen molar-refractivity contribution in [2.24, 2.45) is 0 Å². The van der Waals surface area contributed by atoms with Gasteiger partial charge in [0.1, 0.15) is 5.82 Å². The maximum atomic E-state index is 12.9. The van der Waals surface area contributed by atoms with E-state index < -0.39 is 0 Å². The normalized spacial score (nSPS) is 10.6. The number of nitrogens with zero attached hydrogens (tertiary/aromatic N) is 4. The fourth-order valence-corrected chi connectivity index (χ4v) is 3.36. The largest absolute Gasteiger partial charge is 0.490 e. The Bertz CT molecular complexity index is 1260. The van der Waals surface area contributed by atoms with E-state index in [0.717, 1.165) is 22.5 Å². The van der Waals surface area contributed by atoms with Crippen molar-refractivity contribution in [3.05, 3.63) is 78.2 Å². The van der Waals surface area contributed by atoms with Crippen molar-refractivity contribution < 1.29 is 9.53 Å². The number of aromatic nitrogens is 3. The Labute approximate surface area is 179 Å². The van der Waals surface area contributed by atoms with Gasteiger partial charge in [0.05, 0.1) is 23.7 Å². The highest BCUT2D eigenvalue weighted by Crippen LogP contribution is 2.25. The molecule has 31 heavy (non-hydrogen) atoms. The minimum Gasteiger partial charge on any atom is -0.490 e. The molecule has 4 aromatic rings. The number of benzene rings is 2. The van der Waals surface area contributed by atoms with Crippen molar-refractivity contribution in [3.63, 3.8) is 0 Å². The molecule has 2 heterocycles. The van der Waals surface area contributed by atoms with Gasteiger partial charge < -0.3 is 10.1 Å². The number of ether oxygens (including phenoxy) is 1. The van der Waals surface area contributed by atoms with Crippen molar-refractivity contribution in [2.75, 3.05) is 11.9 Å². The highest BCUT2D eigenvalue weighted by Gasteiger charge is 2.15. The standard InChI is InChI=1S/C24H21N5O2/c1-17-27-20-16-18(11-12-21(20)29(17)19-8-3-2-4-9-19)24(30)28-23-22(10-7-14-26-23)31-15-6-5-13-25/h2-4,7-12,14,16H,5-6,15H2,1H3,(H,26,28,30). The van der Waals surface area contributed by atoms with Crippen molar-refractivity contribution >= 4 is 22.8 Å². The Morgan fingerprint density at radius 2 is 2.00 bits per heavy atom. The van der Waals surface area contributed by atoms with Crippen molar-refractivity contribution in [3.8, 4) is 17.5 Å². The zero-order valence-electron chi connectivity index (χ0n) is 17.1. The SMILES string of the molecule is Cc1nc2cc(C(=O)Nc3ncccc3OCCCC#N)ccc2n1-c1ccccc1. The van der Waals surface area contributed by atoms with E-state index in [0.29, 0.717) is 36.6 Å². The Morgan fingerprint density at radius 3 is 2.81 bits per heavy atom. The number of rotatable bonds is 7. The zero-order valence-corrected chi connectivity index (χ0v) is 17.1. The molecular formula is C24H21N5O2. The van der Waals surface area contributed by atoms with Crippen LogP contribution in [-0.2, 0) is 0 Å². The number of amides is 1. The highest BCUT2D eigenvalue weighted by atomic mass is 16.5.